The van der Waals surface area contributed by atoms with E-state index in [2.05, 4.69) is 0 Å². The zero-order valence-corrected chi connectivity index (χ0v) is 14.1. The fourth-order valence-electron chi connectivity index (χ4n) is 2.87. The average Bonchev–Trinajstić information content (AvgIpc) is 3.32. The third kappa shape index (κ3) is 2.99. The second-order valence-corrected chi connectivity index (χ2v) is 7.60. The SMILES string of the molecule is CN(C(CN)C1CC1)S(=O)(=O)c1cccc2ccccc12.Cl. The van der Waals surface area contributed by atoms with Gasteiger partial charge in [0.25, 0.3) is 0 Å². The number of hydrogen-bond acceptors (Lipinski definition) is 3. The first-order valence-electron chi connectivity index (χ1n) is 7.21. The molecule has 1 atom stereocenters. The molecule has 0 amide bonds. The summed E-state index contributed by atoms with van der Waals surface area (Å²) in [6, 6.07) is 12.8. The molecule has 0 spiro atoms. The average molecular weight is 341 g/mol. The van der Waals surface area contributed by atoms with Crippen molar-refractivity contribution in [1.29, 1.82) is 0 Å². The highest BCUT2D eigenvalue weighted by atomic mass is 35.5. The van der Waals surface area contributed by atoms with Gasteiger partial charge in [0.1, 0.15) is 0 Å². The molecule has 6 heteroatoms. The van der Waals surface area contributed by atoms with Gasteiger partial charge in [-0.05, 0) is 30.2 Å². The Labute approximate surface area is 137 Å². The van der Waals surface area contributed by atoms with Crippen molar-refractivity contribution in [3.8, 4) is 0 Å². The summed E-state index contributed by atoms with van der Waals surface area (Å²) < 4.78 is 27.4. The third-order valence-electron chi connectivity index (χ3n) is 4.28. The Morgan fingerprint density at radius 3 is 2.45 bits per heavy atom. The number of likely N-dealkylation sites (N-methyl/N-ethyl adjacent to an activating group) is 1. The second-order valence-electron chi connectivity index (χ2n) is 5.64. The van der Waals surface area contributed by atoms with Gasteiger partial charge in [0, 0.05) is 25.0 Å². The zero-order chi connectivity index (χ0) is 15.0. The molecule has 3 rings (SSSR count). The number of hydrogen-bond donors (Lipinski definition) is 1. The first-order valence-corrected chi connectivity index (χ1v) is 8.65. The molecule has 0 radical (unpaired) electrons. The largest absolute Gasteiger partial charge is 0.329 e. The lowest BCUT2D eigenvalue weighted by atomic mass is 10.1. The molecule has 2 aromatic rings. The van der Waals surface area contributed by atoms with Crippen LogP contribution in [0.3, 0.4) is 0 Å². The molecule has 2 aromatic carbocycles. The van der Waals surface area contributed by atoms with Gasteiger partial charge in [0.2, 0.25) is 10.0 Å². The number of halogens is 1. The number of nitrogens with two attached hydrogens (primary N) is 1. The van der Waals surface area contributed by atoms with Gasteiger partial charge in [-0.1, -0.05) is 36.4 Å². The maximum atomic E-state index is 12.9. The van der Waals surface area contributed by atoms with E-state index in [1.165, 1.54) is 4.31 Å². The summed E-state index contributed by atoms with van der Waals surface area (Å²) in [6.07, 6.45) is 2.13. The molecule has 4 nitrogen and oxygen atoms in total. The third-order valence-corrected chi connectivity index (χ3v) is 6.22. The molecular weight excluding hydrogens is 320 g/mol. The molecule has 2 N–H and O–H groups in total. The highest BCUT2D eigenvalue weighted by molar-refractivity contribution is 7.89. The van der Waals surface area contributed by atoms with Crippen LogP contribution in [0.1, 0.15) is 12.8 Å². The molecule has 1 fully saturated rings. The van der Waals surface area contributed by atoms with Crippen LogP contribution < -0.4 is 5.73 Å². The van der Waals surface area contributed by atoms with Crippen LogP contribution in [0.2, 0.25) is 0 Å². The molecule has 0 aliphatic heterocycles. The summed E-state index contributed by atoms with van der Waals surface area (Å²) in [6.45, 7) is 0.366. The quantitative estimate of drug-likeness (QED) is 0.910. The maximum Gasteiger partial charge on any atom is 0.243 e. The van der Waals surface area contributed by atoms with E-state index in [4.69, 9.17) is 5.73 Å². The van der Waals surface area contributed by atoms with E-state index in [9.17, 15) is 8.42 Å². The molecule has 1 aliphatic carbocycles. The fourth-order valence-corrected chi connectivity index (χ4v) is 4.51. The van der Waals surface area contributed by atoms with E-state index >= 15 is 0 Å². The summed E-state index contributed by atoms with van der Waals surface area (Å²) in [5.41, 5.74) is 5.80. The smallest absolute Gasteiger partial charge is 0.243 e. The summed E-state index contributed by atoms with van der Waals surface area (Å²) >= 11 is 0. The van der Waals surface area contributed by atoms with E-state index in [0.717, 1.165) is 23.6 Å². The lowest BCUT2D eigenvalue weighted by Gasteiger charge is -2.26. The van der Waals surface area contributed by atoms with Crippen molar-refractivity contribution in [2.45, 2.75) is 23.8 Å². The standard InChI is InChI=1S/C16H20N2O2S.ClH/c1-18(15(11-17)13-9-10-13)21(19,20)16-8-4-6-12-5-2-3-7-14(12)16;/h2-8,13,15H,9-11,17H2,1H3;1H. The van der Waals surface area contributed by atoms with Crippen LogP contribution in [0.15, 0.2) is 47.4 Å². The van der Waals surface area contributed by atoms with E-state index in [0.29, 0.717) is 17.4 Å². The topological polar surface area (TPSA) is 63.4 Å². The van der Waals surface area contributed by atoms with Crippen LogP contribution in [-0.2, 0) is 10.0 Å². The molecule has 0 heterocycles. The molecule has 120 valence electrons. The molecule has 0 saturated heterocycles. The van der Waals surface area contributed by atoms with Gasteiger partial charge < -0.3 is 5.73 Å². The Morgan fingerprint density at radius 1 is 1.18 bits per heavy atom. The number of benzene rings is 2. The normalized spacial score (nSPS) is 16.5. The van der Waals surface area contributed by atoms with Crippen LogP contribution in [0.25, 0.3) is 10.8 Å². The Hall–Kier alpha value is -1.14. The van der Waals surface area contributed by atoms with Gasteiger partial charge in [-0.15, -0.1) is 12.4 Å². The van der Waals surface area contributed by atoms with E-state index in [-0.39, 0.29) is 18.4 Å². The van der Waals surface area contributed by atoms with Crippen LogP contribution in [0.5, 0.6) is 0 Å². The first kappa shape index (κ1) is 17.2. The highest BCUT2D eigenvalue weighted by Crippen LogP contribution is 2.37. The summed E-state index contributed by atoms with van der Waals surface area (Å²) in [4.78, 5) is 0.363. The first-order chi connectivity index (χ1) is 10.1. The van der Waals surface area contributed by atoms with Crippen LogP contribution in [0, 0.1) is 5.92 Å². The van der Waals surface area contributed by atoms with Gasteiger partial charge >= 0.3 is 0 Å². The van der Waals surface area contributed by atoms with Gasteiger partial charge in [-0.2, -0.15) is 4.31 Å². The van der Waals surface area contributed by atoms with Crippen LogP contribution in [0.4, 0.5) is 0 Å². The number of nitrogens with zero attached hydrogens (tertiary/aromatic N) is 1. The van der Waals surface area contributed by atoms with Gasteiger partial charge in [0.05, 0.1) is 4.90 Å². The summed E-state index contributed by atoms with van der Waals surface area (Å²) in [5, 5.41) is 1.70. The Balaban J connectivity index is 0.00000176. The van der Waals surface area contributed by atoms with Crippen LogP contribution in [-0.4, -0.2) is 32.4 Å². The van der Waals surface area contributed by atoms with Crippen LogP contribution >= 0.6 is 12.4 Å². The Bertz CT molecular complexity index is 754. The monoisotopic (exact) mass is 340 g/mol. The molecule has 0 bridgehead atoms. The predicted octanol–water partition coefficient (Wildman–Crippen LogP) is 2.62. The lowest BCUT2D eigenvalue weighted by Crippen LogP contribution is -2.43. The fraction of sp³-hybridized carbons (Fsp3) is 0.375. The van der Waals surface area contributed by atoms with Gasteiger partial charge in [0.15, 0.2) is 0 Å². The molecular formula is C16H21ClN2O2S. The summed E-state index contributed by atoms with van der Waals surface area (Å²) in [5.74, 6) is 0.407. The maximum absolute atomic E-state index is 12.9. The lowest BCUT2D eigenvalue weighted by molar-refractivity contribution is 0.341. The Kier molecular flexibility index (Phi) is 5.12. The minimum atomic E-state index is -3.53. The van der Waals surface area contributed by atoms with E-state index in [1.54, 1.807) is 19.2 Å². The van der Waals surface area contributed by atoms with E-state index < -0.39 is 10.0 Å². The minimum absolute atomic E-state index is 0. The predicted molar refractivity (Wildman–Crippen MR) is 91.7 cm³/mol. The number of sulfonamides is 1. The van der Waals surface area contributed by atoms with Crippen molar-refractivity contribution < 1.29 is 8.42 Å². The van der Waals surface area contributed by atoms with Crippen molar-refractivity contribution in [3.05, 3.63) is 42.5 Å². The van der Waals surface area contributed by atoms with Crippen molar-refractivity contribution in [3.63, 3.8) is 0 Å². The number of rotatable bonds is 5. The van der Waals surface area contributed by atoms with E-state index in [1.807, 2.05) is 30.3 Å². The molecule has 1 aliphatic rings. The van der Waals surface area contributed by atoms with Crippen molar-refractivity contribution in [1.82, 2.24) is 4.31 Å². The molecule has 22 heavy (non-hydrogen) atoms. The molecule has 0 aromatic heterocycles. The number of fused-ring (bicyclic) bond motifs is 1. The Morgan fingerprint density at radius 2 is 1.82 bits per heavy atom. The van der Waals surface area contributed by atoms with Crippen molar-refractivity contribution in [2.75, 3.05) is 13.6 Å². The van der Waals surface area contributed by atoms with Gasteiger partial charge in [-0.25, -0.2) is 8.42 Å². The summed E-state index contributed by atoms with van der Waals surface area (Å²) in [7, 11) is -1.88. The van der Waals surface area contributed by atoms with Crippen molar-refractivity contribution >= 4 is 33.2 Å². The van der Waals surface area contributed by atoms with Crippen molar-refractivity contribution in [2.24, 2.45) is 11.7 Å². The molecule has 1 saturated carbocycles. The zero-order valence-electron chi connectivity index (χ0n) is 12.5. The minimum Gasteiger partial charge on any atom is -0.329 e. The highest BCUT2D eigenvalue weighted by Gasteiger charge is 2.38. The molecule has 1 unspecified atom stereocenters. The second kappa shape index (κ2) is 6.54. The van der Waals surface area contributed by atoms with Gasteiger partial charge in [-0.3, -0.25) is 0 Å².